The average molecular weight is 326 g/mol. The van der Waals surface area contributed by atoms with E-state index < -0.39 is 0 Å². The van der Waals surface area contributed by atoms with Gasteiger partial charge in [-0.3, -0.25) is 4.79 Å². The van der Waals surface area contributed by atoms with Gasteiger partial charge in [0, 0.05) is 29.3 Å². The molecule has 19 heavy (non-hydrogen) atoms. The Morgan fingerprint density at radius 1 is 1.53 bits per heavy atom. The Morgan fingerprint density at radius 2 is 2.26 bits per heavy atom. The van der Waals surface area contributed by atoms with Crippen LogP contribution < -0.4 is 5.73 Å². The van der Waals surface area contributed by atoms with Crippen molar-refractivity contribution in [2.45, 2.75) is 18.9 Å². The average Bonchev–Trinajstić information content (AvgIpc) is 2.78. The van der Waals surface area contributed by atoms with Crippen LogP contribution in [0.3, 0.4) is 0 Å². The number of carbonyl (C=O) groups is 1. The van der Waals surface area contributed by atoms with Gasteiger partial charge in [0.15, 0.2) is 0 Å². The van der Waals surface area contributed by atoms with Crippen molar-refractivity contribution in [3.8, 4) is 0 Å². The zero-order valence-corrected chi connectivity index (χ0v) is 13.0. The lowest BCUT2D eigenvalue weighted by Gasteiger charge is -2.27. The van der Waals surface area contributed by atoms with Gasteiger partial charge in [-0.15, -0.1) is 0 Å². The van der Waals surface area contributed by atoms with E-state index in [0.717, 1.165) is 30.4 Å². The first-order valence-electron chi connectivity index (χ1n) is 6.50. The number of benzene rings is 1. The molecule has 1 aliphatic heterocycles. The molecule has 2 N–H and O–H groups in total. The first-order chi connectivity index (χ1) is 8.99. The first-order valence-corrected chi connectivity index (χ1v) is 7.29. The van der Waals surface area contributed by atoms with E-state index in [0.29, 0.717) is 17.3 Å². The standard InChI is InChI=1S/C14H20BrN3O/c1-17(2)9-11-4-3-7-18(11)14(19)12-8-10(16)5-6-13(12)15/h5-6,8,11H,3-4,7,9,16H2,1-2H3. The summed E-state index contributed by atoms with van der Waals surface area (Å²) in [5.41, 5.74) is 7.06. The summed E-state index contributed by atoms with van der Waals surface area (Å²) in [5.74, 6) is 0.0727. The van der Waals surface area contributed by atoms with Gasteiger partial charge in [0.1, 0.15) is 0 Å². The molecule has 5 heteroatoms. The van der Waals surface area contributed by atoms with E-state index in [4.69, 9.17) is 5.73 Å². The molecule has 1 saturated heterocycles. The molecule has 0 bridgehead atoms. The molecular weight excluding hydrogens is 306 g/mol. The van der Waals surface area contributed by atoms with Crippen LogP contribution in [0.25, 0.3) is 0 Å². The third kappa shape index (κ3) is 3.28. The van der Waals surface area contributed by atoms with E-state index in [2.05, 4.69) is 20.8 Å². The number of hydrogen-bond donors (Lipinski definition) is 1. The molecule has 1 aromatic carbocycles. The number of halogens is 1. The second kappa shape index (κ2) is 5.92. The summed E-state index contributed by atoms with van der Waals surface area (Å²) in [6.07, 6.45) is 2.15. The fourth-order valence-electron chi connectivity index (χ4n) is 2.58. The lowest BCUT2D eigenvalue weighted by Crippen LogP contribution is -2.41. The van der Waals surface area contributed by atoms with Crippen molar-refractivity contribution in [1.82, 2.24) is 9.80 Å². The fraction of sp³-hybridized carbons (Fsp3) is 0.500. The van der Waals surface area contributed by atoms with Crippen LogP contribution in [0.2, 0.25) is 0 Å². The Hall–Kier alpha value is -1.07. The Bertz CT molecular complexity index is 476. The molecule has 1 heterocycles. The van der Waals surface area contributed by atoms with Crippen LogP contribution in [0, 0.1) is 0 Å². The Morgan fingerprint density at radius 3 is 2.95 bits per heavy atom. The number of hydrogen-bond acceptors (Lipinski definition) is 3. The number of rotatable bonds is 3. The van der Waals surface area contributed by atoms with E-state index in [1.54, 1.807) is 12.1 Å². The first kappa shape index (κ1) is 14.3. The van der Waals surface area contributed by atoms with Gasteiger partial charge in [0.2, 0.25) is 0 Å². The Balaban J connectivity index is 2.20. The minimum absolute atomic E-state index is 0.0727. The zero-order valence-electron chi connectivity index (χ0n) is 11.4. The number of likely N-dealkylation sites (tertiary alicyclic amines) is 1. The maximum absolute atomic E-state index is 12.6. The molecule has 1 atom stereocenters. The van der Waals surface area contributed by atoms with Crippen LogP contribution in [-0.4, -0.2) is 48.9 Å². The number of nitrogens with two attached hydrogens (primary N) is 1. The molecule has 1 unspecified atom stereocenters. The molecule has 0 radical (unpaired) electrons. The van der Waals surface area contributed by atoms with E-state index >= 15 is 0 Å². The molecule has 1 fully saturated rings. The largest absolute Gasteiger partial charge is 0.399 e. The molecule has 1 amide bonds. The van der Waals surface area contributed by atoms with E-state index in [-0.39, 0.29) is 5.91 Å². The minimum atomic E-state index is 0.0727. The van der Waals surface area contributed by atoms with Crippen LogP contribution in [0.5, 0.6) is 0 Å². The third-order valence-electron chi connectivity index (χ3n) is 3.43. The number of anilines is 1. The highest BCUT2D eigenvalue weighted by Gasteiger charge is 2.30. The van der Waals surface area contributed by atoms with Gasteiger partial charge >= 0.3 is 0 Å². The predicted octanol–water partition coefficient (Wildman–Crippen LogP) is 2.20. The topological polar surface area (TPSA) is 49.6 Å². The van der Waals surface area contributed by atoms with Crippen LogP contribution in [0.15, 0.2) is 22.7 Å². The van der Waals surface area contributed by atoms with Crippen LogP contribution in [0.1, 0.15) is 23.2 Å². The SMILES string of the molecule is CN(C)CC1CCCN1C(=O)c1cc(N)ccc1Br. The normalized spacial score (nSPS) is 19.2. The molecule has 0 aliphatic carbocycles. The van der Waals surface area contributed by atoms with Crippen molar-refractivity contribution in [3.05, 3.63) is 28.2 Å². The van der Waals surface area contributed by atoms with Crippen molar-refractivity contribution in [1.29, 1.82) is 0 Å². The van der Waals surface area contributed by atoms with Gasteiger partial charge in [-0.05, 0) is 61.1 Å². The molecule has 2 rings (SSSR count). The Kier molecular flexibility index (Phi) is 4.47. The lowest BCUT2D eigenvalue weighted by molar-refractivity contribution is 0.0715. The molecule has 0 spiro atoms. The van der Waals surface area contributed by atoms with Crippen molar-refractivity contribution in [2.75, 3.05) is 32.9 Å². The summed E-state index contributed by atoms with van der Waals surface area (Å²) in [7, 11) is 4.08. The molecule has 104 valence electrons. The maximum Gasteiger partial charge on any atom is 0.255 e. The molecule has 1 aliphatic rings. The zero-order chi connectivity index (χ0) is 14.0. The summed E-state index contributed by atoms with van der Waals surface area (Å²) in [4.78, 5) is 16.7. The van der Waals surface area contributed by atoms with Crippen molar-refractivity contribution >= 4 is 27.5 Å². The summed E-state index contributed by atoms with van der Waals surface area (Å²) in [6.45, 7) is 1.74. The van der Waals surface area contributed by atoms with Crippen molar-refractivity contribution in [2.24, 2.45) is 0 Å². The number of likely N-dealkylation sites (N-methyl/N-ethyl adjacent to an activating group) is 1. The maximum atomic E-state index is 12.6. The van der Waals surface area contributed by atoms with E-state index in [1.165, 1.54) is 0 Å². The van der Waals surface area contributed by atoms with Gasteiger partial charge in [-0.1, -0.05) is 0 Å². The molecular formula is C14H20BrN3O. The molecule has 4 nitrogen and oxygen atoms in total. The smallest absolute Gasteiger partial charge is 0.255 e. The summed E-state index contributed by atoms with van der Waals surface area (Å²) < 4.78 is 0.808. The lowest BCUT2D eigenvalue weighted by atomic mass is 10.1. The summed E-state index contributed by atoms with van der Waals surface area (Å²) in [5, 5.41) is 0. The van der Waals surface area contributed by atoms with Gasteiger partial charge in [-0.25, -0.2) is 0 Å². The summed E-state index contributed by atoms with van der Waals surface area (Å²) >= 11 is 3.44. The number of carbonyl (C=O) groups excluding carboxylic acids is 1. The van der Waals surface area contributed by atoms with Gasteiger partial charge in [0.25, 0.3) is 5.91 Å². The number of nitrogen functional groups attached to an aromatic ring is 1. The number of nitrogens with zero attached hydrogens (tertiary/aromatic N) is 2. The molecule has 1 aromatic rings. The fourth-order valence-corrected chi connectivity index (χ4v) is 2.99. The van der Waals surface area contributed by atoms with Gasteiger partial charge in [-0.2, -0.15) is 0 Å². The van der Waals surface area contributed by atoms with E-state index in [1.807, 2.05) is 25.1 Å². The molecule has 0 aromatic heterocycles. The predicted molar refractivity (Wildman–Crippen MR) is 81.2 cm³/mol. The highest BCUT2D eigenvalue weighted by molar-refractivity contribution is 9.10. The van der Waals surface area contributed by atoms with Crippen molar-refractivity contribution < 1.29 is 4.79 Å². The van der Waals surface area contributed by atoms with Crippen molar-refractivity contribution in [3.63, 3.8) is 0 Å². The third-order valence-corrected chi connectivity index (χ3v) is 4.13. The summed E-state index contributed by atoms with van der Waals surface area (Å²) in [6, 6.07) is 5.68. The minimum Gasteiger partial charge on any atom is -0.399 e. The van der Waals surface area contributed by atoms with Crippen LogP contribution >= 0.6 is 15.9 Å². The Labute approximate surface area is 122 Å². The highest BCUT2D eigenvalue weighted by atomic mass is 79.9. The number of amides is 1. The highest BCUT2D eigenvalue weighted by Crippen LogP contribution is 2.25. The van der Waals surface area contributed by atoms with E-state index in [9.17, 15) is 4.79 Å². The van der Waals surface area contributed by atoms with Crippen LogP contribution in [0.4, 0.5) is 5.69 Å². The van der Waals surface area contributed by atoms with Gasteiger partial charge in [0.05, 0.1) is 5.56 Å². The second-order valence-electron chi connectivity index (χ2n) is 5.30. The van der Waals surface area contributed by atoms with Crippen LogP contribution in [-0.2, 0) is 0 Å². The quantitative estimate of drug-likeness (QED) is 0.867. The monoisotopic (exact) mass is 325 g/mol. The molecule has 0 saturated carbocycles. The van der Waals surface area contributed by atoms with Gasteiger partial charge < -0.3 is 15.5 Å². The second-order valence-corrected chi connectivity index (χ2v) is 6.15.